The lowest BCUT2D eigenvalue weighted by molar-refractivity contribution is -0.462. The number of hydrogen-bond donors (Lipinski definition) is 3. The zero-order valence-corrected chi connectivity index (χ0v) is 37.2. The lowest BCUT2D eigenvalue weighted by Crippen LogP contribution is -2.56. The van der Waals surface area contributed by atoms with E-state index in [1.54, 1.807) is 0 Å². The summed E-state index contributed by atoms with van der Waals surface area (Å²) in [6, 6.07) is 0. The molecule has 0 fully saturated rings. The second kappa shape index (κ2) is 22.4. The molecule has 392 valence electrons. The van der Waals surface area contributed by atoms with Crippen LogP contribution >= 0.6 is 67.8 Å². The molecule has 0 aliphatic carbocycles. The first-order chi connectivity index (χ1) is 28.9. The average molecular weight is 1380 g/mol. The van der Waals surface area contributed by atoms with Gasteiger partial charge in [0.15, 0.2) is 0 Å². The van der Waals surface area contributed by atoms with E-state index in [9.17, 15) is 120 Å². The molecule has 0 aromatic carbocycles. The zero-order chi connectivity index (χ0) is 52.9. The van der Waals surface area contributed by atoms with Crippen molar-refractivity contribution in [2.45, 2.75) is 109 Å². The first-order valence-electron chi connectivity index (χ1n) is 16.0. The number of aliphatic carboxylic acids is 3. The second-order valence-electron chi connectivity index (χ2n) is 12.6. The van der Waals surface area contributed by atoms with Crippen LogP contribution in [0.4, 0.5) is 105 Å². The van der Waals surface area contributed by atoms with Gasteiger partial charge in [0.05, 0.1) is 33.0 Å². The minimum absolute atomic E-state index is 0.774. The molecule has 0 amide bonds. The Morgan fingerprint density at radius 3 is 0.788 bits per heavy atom. The predicted molar refractivity (Wildman–Crippen MR) is 184 cm³/mol. The fraction of sp³-hybridized carbons (Fsp3) is 0.889. The van der Waals surface area contributed by atoms with Crippen molar-refractivity contribution in [1.82, 2.24) is 0 Å². The summed E-state index contributed by atoms with van der Waals surface area (Å²) in [5.74, 6) is -48.7. The summed E-state index contributed by atoms with van der Waals surface area (Å²) in [5, 5.41) is 24.3. The van der Waals surface area contributed by atoms with Gasteiger partial charge in [-0.3, -0.25) is 0 Å². The number of hydrogen-bond acceptors (Lipinski definition) is 9. The molecule has 0 heterocycles. The van der Waals surface area contributed by atoms with E-state index in [0.717, 1.165) is 67.8 Å². The van der Waals surface area contributed by atoms with Gasteiger partial charge in [-0.15, -0.1) is 0 Å². The highest BCUT2D eigenvalue weighted by Crippen LogP contribution is 2.50. The maximum absolute atomic E-state index is 14.3. The number of ether oxygens (including phenoxy) is 6. The van der Waals surface area contributed by atoms with E-state index in [1.165, 1.54) is 0 Å². The lowest BCUT2D eigenvalue weighted by Gasteiger charge is -2.32. The van der Waals surface area contributed by atoms with Crippen molar-refractivity contribution >= 4 is 85.7 Å². The third-order valence-corrected chi connectivity index (χ3v) is 9.50. The van der Waals surface area contributed by atoms with Crippen molar-refractivity contribution in [3.63, 3.8) is 0 Å². The minimum Gasteiger partial charge on any atom is -0.477 e. The van der Waals surface area contributed by atoms with Crippen LogP contribution < -0.4 is 0 Å². The molecule has 0 aliphatic rings. The Labute approximate surface area is 390 Å². The van der Waals surface area contributed by atoms with Gasteiger partial charge in [-0.2, -0.15) is 105 Å². The molecule has 0 saturated carbocycles. The largest absolute Gasteiger partial charge is 0.477 e. The molecule has 3 N–H and O–H groups in total. The van der Waals surface area contributed by atoms with Crippen molar-refractivity contribution < 1.29 is 163 Å². The van der Waals surface area contributed by atoms with Gasteiger partial charge in [0, 0.05) is 31.0 Å². The molecule has 39 heteroatoms. The first-order valence-corrected chi connectivity index (χ1v) is 19.7. The van der Waals surface area contributed by atoms with Crippen LogP contribution in [0, 0.1) is 0 Å². The molecule has 66 heavy (non-hydrogen) atoms. The molecule has 0 saturated heterocycles. The number of carboxylic acid groups (broad SMARTS) is 3. The van der Waals surface area contributed by atoms with Gasteiger partial charge in [0.2, 0.25) is 0 Å². The highest BCUT2D eigenvalue weighted by Gasteiger charge is 2.74. The van der Waals surface area contributed by atoms with Crippen LogP contribution in [0.3, 0.4) is 0 Å². The van der Waals surface area contributed by atoms with Crippen LogP contribution in [-0.2, 0) is 42.8 Å². The monoisotopic (exact) mass is 1380 g/mol. The smallest absolute Gasteiger partial charge is 0.435 e. The van der Waals surface area contributed by atoms with Crippen molar-refractivity contribution in [2.75, 3.05) is 33.0 Å². The average Bonchev–Trinajstić information content (AvgIpc) is 3.07. The maximum Gasteiger partial charge on any atom is 0.435 e. The summed E-state index contributed by atoms with van der Waals surface area (Å²) < 4.78 is 343. The van der Waals surface area contributed by atoms with Crippen molar-refractivity contribution in [3.8, 4) is 0 Å². The van der Waals surface area contributed by atoms with Gasteiger partial charge in [-0.25, -0.2) is 28.6 Å². The SMILES string of the molecule is O=C(O)C(F)(F)C(F)(F)OC(F)(F)C(F)(F)CC(I)COCC(COCC(I)CC(F)(F)C(F)(F)OC(F)(F)C(F)(F)C(=O)O)OCC(I)CC(F)(F)C(F)(F)OC(F)(F)C(F)(F)C(=O)O. The molecule has 0 aliphatic heterocycles. The van der Waals surface area contributed by atoms with Crippen LogP contribution in [0.1, 0.15) is 19.3 Å². The van der Waals surface area contributed by atoms with Crippen molar-refractivity contribution in [3.05, 3.63) is 0 Å². The van der Waals surface area contributed by atoms with Gasteiger partial charge < -0.3 is 29.5 Å². The van der Waals surface area contributed by atoms with Crippen LogP contribution in [-0.4, -0.2) is 156 Å². The molecule has 0 bridgehead atoms. The Morgan fingerprint density at radius 1 is 0.364 bits per heavy atom. The van der Waals surface area contributed by atoms with E-state index in [4.69, 9.17) is 29.5 Å². The van der Waals surface area contributed by atoms with E-state index < -0.39 is 160 Å². The van der Waals surface area contributed by atoms with Gasteiger partial charge >= 0.3 is 90.1 Å². The van der Waals surface area contributed by atoms with Crippen molar-refractivity contribution in [2.24, 2.45) is 0 Å². The van der Waals surface area contributed by atoms with E-state index in [2.05, 4.69) is 14.2 Å². The zero-order valence-electron chi connectivity index (χ0n) is 30.7. The van der Waals surface area contributed by atoms with Gasteiger partial charge in [0.25, 0.3) is 0 Å². The third-order valence-electron chi connectivity index (χ3n) is 7.10. The lowest BCUT2D eigenvalue weighted by atomic mass is 10.1. The third kappa shape index (κ3) is 16.4. The highest BCUT2D eigenvalue weighted by atomic mass is 127. The van der Waals surface area contributed by atoms with Gasteiger partial charge in [0.1, 0.15) is 6.10 Å². The van der Waals surface area contributed by atoms with Crippen molar-refractivity contribution in [1.29, 1.82) is 0 Å². The molecule has 0 rings (SSSR count). The fourth-order valence-corrected chi connectivity index (χ4v) is 6.06. The summed E-state index contributed by atoms with van der Waals surface area (Å²) in [5.41, 5.74) is 0. The highest BCUT2D eigenvalue weighted by molar-refractivity contribution is 14.1. The number of rotatable bonds is 32. The summed E-state index contributed by atoms with van der Waals surface area (Å²) in [6.07, 6.45) is -49.4. The molecule has 3 unspecified atom stereocenters. The Morgan fingerprint density at radius 2 is 0.576 bits per heavy atom. The van der Waals surface area contributed by atoms with Crippen LogP contribution in [0.15, 0.2) is 0 Å². The Kier molecular flexibility index (Phi) is 22.0. The van der Waals surface area contributed by atoms with Gasteiger partial charge in [-0.1, -0.05) is 67.8 Å². The van der Waals surface area contributed by atoms with E-state index in [1.807, 2.05) is 0 Å². The van der Waals surface area contributed by atoms with Crippen LogP contribution in [0.5, 0.6) is 0 Å². The molecule has 0 aromatic heterocycles. The molecular weight excluding hydrogens is 1350 g/mol. The Hall–Kier alpha value is -1.32. The molecule has 0 radical (unpaired) electrons. The quantitative estimate of drug-likeness (QED) is 0.0332. The Balaban J connectivity index is 6.16. The summed E-state index contributed by atoms with van der Waals surface area (Å²) >= 11 is 2.38. The number of halogens is 27. The minimum atomic E-state index is -6.81. The fourth-order valence-electron chi connectivity index (χ4n) is 3.68. The van der Waals surface area contributed by atoms with E-state index in [-0.39, 0.29) is 0 Å². The number of alkyl halides is 27. The first kappa shape index (κ1) is 64.7. The summed E-state index contributed by atoms with van der Waals surface area (Å²) in [6.45, 7) is -6.64. The Bertz CT molecular complexity index is 1570. The molecular formula is C27H23F24I3O12. The summed E-state index contributed by atoms with van der Waals surface area (Å²) in [7, 11) is 0. The van der Waals surface area contributed by atoms with Crippen LogP contribution in [0.2, 0.25) is 0 Å². The molecule has 0 aromatic rings. The van der Waals surface area contributed by atoms with Gasteiger partial charge in [-0.05, 0) is 0 Å². The van der Waals surface area contributed by atoms with Crippen LogP contribution in [0.25, 0.3) is 0 Å². The normalized spacial score (nSPS) is 16.8. The number of carboxylic acids is 3. The second-order valence-corrected chi connectivity index (χ2v) is 17.9. The molecule has 12 nitrogen and oxygen atoms in total. The van der Waals surface area contributed by atoms with E-state index in [0.29, 0.717) is 0 Å². The standard InChI is InChI=1S/C27H23F24I3O12/c28-16(29,22(40,41)64-25(46,47)19(34,35)13(55)56)1-9(52)4-61-7-12(63-6-11(54)3-18(32,33)24(44,45)66-27(50,51)21(38,39)15(59)60)8-62-5-10(53)2-17(30,31)23(42,43)65-26(48,49)20(36,37)14(57)58/h9-12H,1-8H2,(H,55,56)(H,57,58)(H,59,60). The van der Waals surface area contributed by atoms with E-state index >= 15 is 0 Å². The molecule has 0 spiro atoms. The summed E-state index contributed by atoms with van der Waals surface area (Å²) in [4.78, 5) is 30.8. The number of carbonyl (C=O) groups is 3. The predicted octanol–water partition coefficient (Wildman–Crippen LogP) is 9.66. The maximum atomic E-state index is 14.3. The topological polar surface area (TPSA) is 167 Å². The molecule has 3 atom stereocenters.